The van der Waals surface area contributed by atoms with Crippen LogP contribution in [0.4, 0.5) is 5.82 Å². The Morgan fingerprint density at radius 2 is 2.21 bits per heavy atom. The number of aliphatic carboxylic acids is 1. The minimum atomic E-state index is -0.800. The molecule has 1 heterocycles. The number of hydrogen-bond acceptors (Lipinski definition) is 4. The summed E-state index contributed by atoms with van der Waals surface area (Å²) in [6.07, 6.45) is 2.85. The Morgan fingerprint density at radius 1 is 1.53 bits per heavy atom. The van der Waals surface area contributed by atoms with Gasteiger partial charge in [0.1, 0.15) is 5.82 Å². The van der Waals surface area contributed by atoms with Gasteiger partial charge in [0.05, 0.1) is 11.5 Å². The van der Waals surface area contributed by atoms with Gasteiger partial charge in [-0.3, -0.25) is 9.59 Å². The third kappa shape index (κ3) is 4.24. The van der Waals surface area contributed by atoms with Crippen LogP contribution in [0.3, 0.4) is 0 Å². The van der Waals surface area contributed by atoms with Crippen LogP contribution in [-0.4, -0.2) is 28.5 Å². The molecule has 4 N–H and O–H groups in total. The smallest absolute Gasteiger partial charge is 0.306 e. The Hall–Kier alpha value is -2.11. The highest BCUT2D eigenvalue weighted by Gasteiger charge is 2.13. The number of carboxylic acids is 1. The molecule has 0 radical (unpaired) electrons. The molecule has 1 atom stereocenters. The Morgan fingerprint density at radius 3 is 2.79 bits per heavy atom. The summed E-state index contributed by atoms with van der Waals surface area (Å²) >= 11 is 0. The minimum absolute atomic E-state index is 0.372. The zero-order valence-corrected chi connectivity index (χ0v) is 11.1. The standard InChI is InChI=1S/C13H19N3O3/c1-8-5-7-16-12(10(8)11(14)17)15-6-3-4-9(2)13(18)19/h5,7,9H,3-4,6H2,1-2H3,(H2,14,17)(H,15,16)(H,18,19). The van der Waals surface area contributed by atoms with E-state index in [9.17, 15) is 9.59 Å². The highest BCUT2D eigenvalue weighted by atomic mass is 16.4. The predicted molar refractivity (Wildman–Crippen MR) is 72.0 cm³/mol. The Kier molecular flexibility index (Phi) is 5.29. The van der Waals surface area contributed by atoms with E-state index in [1.54, 1.807) is 26.1 Å². The molecule has 0 aliphatic rings. The van der Waals surface area contributed by atoms with Crippen molar-refractivity contribution in [2.45, 2.75) is 26.7 Å². The summed E-state index contributed by atoms with van der Waals surface area (Å²) in [5.74, 6) is -1.24. The van der Waals surface area contributed by atoms with Gasteiger partial charge < -0.3 is 16.2 Å². The summed E-state index contributed by atoms with van der Waals surface area (Å²) < 4.78 is 0. The molecular weight excluding hydrogens is 246 g/mol. The maximum Gasteiger partial charge on any atom is 0.306 e. The van der Waals surface area contributed by atoms with Gasteiger partial charge in [-0.2, -0.15) is 0 Å². The first kappa shape index (κ1) is 14.9. The topological polar surface area (TPSA) is 105 Å². The Balaban J connectivity index is 2.57. The molecule has 19 heavy (non-hydrogen) atoms. The number of amides is 1. The van der Waals surface area contributed by atoms with Gasteiger partial charge >= 0.3 is 5.97 Å². The molecule has 1 aromatic rings. The van der Waals surface area contributed by atoms with Crippen LogP contribution >= 0.6 is 0 Å². The Labute approximate surface area is 112 Å². The number of nitrogens with two attached hydrogens (primary N) is 1. The zero-order chi connectivity index (χ0) is 14.4. The lowest BCUT2D eigenvalue weighted by Crippen LogP contribution is -2.18. The molecule has 1 amide bonds. The lowest BCUT2D eigenvalue weighted by Gasteiger charge is -2.11. The van der Waals surface area contributed by atoms with Crippen molar-refractivity contribution in [1.82, 2.24) is 4.98 Å². The van der Waals surface area contributed by atoms with Crippen LogP contribution < -0.4 is 11.1 Å². The van der Waals surface area contributed by atoms with Gasteiger partial charge in [-0.25, -0.2) is 4.98 Å². The van der Waals surface area contributed by atoms with E-state index in [2.05, 4.69) is 10.3 Å². The number of anilines is 1. The number of primary amides is 1. The van der Waals surface area contributed by atoms with E-state index in [1.807, 2.05) is 0 Å². The van der Waals surface area contributed by atoms with Crippen LogP contribution in [0.5, 0.6) is 0 Å². The minimum Gasteiger partial charge on any atom is -0.481 e. The molecule has 0 aliphatic carbocycles. The highest BCUT2D eigenvalue weighted by Crippen LogP contribution is 2.16. The second kappa shape index (κ2) is 6.72. The fraction of sp³-hybridized carbons (Fsp3) is 0.462. The average molecular weight is 265 g/mol. The number of pyridine rings is 1. The van der Waals surface area contributed by atoms with E-state index in [0.29, 0.717) is 30.8 Å². The molecule has 0 fully saturated rings. The van der Waals surface area contributed by atoms with Crippen molar-refractivity contribution in [1.29, 1.82) is 0 Å². The van der Waals surface area contributed by atoms with Crippen LogP contribution in [0.15, 0.2) is 12.3 Å². The van der Waals surface area contributed by atoms with Crippen LogP contribution in [0, 0.1) is 12.8 Å². The molecule has 104 valence electrons. The van der Waals surface area contributed by atoms with Crippen molar-refractivity contribution in [3.8, 4) is 0 Å². The second-order valence-electron chi connectivity index (χ2n) is 4.52. The molecule has 0 aliphatic heterocycles. The summed E-state index contributed by atoms with van der Waals surface area (Å²) in [7, 11) is 0. The SMILES string of the molecule is Cc1ccnc(NCCCC(C)C(=O)O)c1C(N)=O. The first-order valence-electron chi connectivity index (χ1n) is 6.15. The summed E-state index contributed by atoms with van der Waals surface area (Å²) in [5, 5.41) is 11.8. The van der Waals surface area contributed by atoms with Gasteiger partial charge in [0.2, 0.25) is 0 Å². The fourth-order valence-corrected chi connectivity index (χ4v) is 1.74. The quantitative estimate of drug-likeness (QED) is 0.646. The van der Waals surface area contributed by atoms with E-state index >= 15 is 0 Å². The lowest BCUT2D eigenvalue weighted by molar-refractivity contribution is -0.141. The summed E-state index contributed by atoms with van der Waals surface area (Å²) in [5.41, 5.74) is 6.46. The van der Waals surface area contributed by atoms with Crippen molar-refractivity contribution in [2.75, 3.05) is 11.9 Å². The zero-order valence-electron chi connectivity index (χ0n) is 11.1. The molecule has 0 bridgehead atoms. The third-order valence-corrected chi connectivity index (χ3v) is 2.93. The van der Waals surface area contributed by atoms with Gasteiger partial charge in [0.25, 0.3) is 5.91 Å². The van der Waals surface area contributed by atoms with Crippen molar-refractivity contribution in [3.63, 3.8) is 0 Å². The van der Waals surface area contributed by atoms with E-state index in [-0.39, 0.29) is 5.92 Å². The van der Waals surface area contributed by atoms with Crippen molar-refractivity contribution < 1.29 is 14.7 Å². The molecule has 6 heteroatoms. The van der Waals surface area contributed by atoms with E-state index < -0.39 is 11.9 Å². The number of carbonyl (C=O) groups excluding carboxylic acids is 1. The maximum atomic E-state index is 11.3. The Bertz CT molecular complexity index is 474. The molecule has 0 spiro atoms. The maximum absolute atomic E-state index is 11.3. The normalized spacial score (nSPS) is 11.9. The number of aromatic nitrogens is 1. The number of nitrogens with one attached hydrogen (secondary N) is 1. The van der Waals surface area contributed by atoms with Crippen molar-refractivity contribution in [2.24, 2.45) is 11.7 Å². The van der Waals surface area contributed by atoms with Crippen LogP contribution in [0.2, 0.25) is 0 Å². The summed E-state index contributed by atoms with van der Waals surface area (Å²) in [4.78, 5) is 26.1. The number of rotatable bonds is 7. The van der Waals surface area contributed by atoms with Gasteiger partial charge in [0, 0.05) is 12.7 Å². The van der Waals surface area contributed by atoms with Crippen molar-refractivity contribution >= 4 is 17.7 Å². The largest absolute Gasteiger partial charge is 0.481 e. The van der Waals surface area contributed by atoms with Crippen LogP contribution in [0.1, 0.15) is 35.7 Å². The van der Waals surface area contributed by atoms with E-state index in [1.165, 1.54) is 0 Å². The number of aryl methyl sites for hydroxylation is 1. The third-order valence-electron chi connectivity index (χ3n) is 2.93. The van der Waals surface area contributed by atoms with Crippen molar-refractivity contribution in [3.05, 3.63) is 23.4 Å². The molecule has 1 aromatic heterocycles. The molecule has 0 saturated carbocycles. The first-order chi connectivity index (χ1) is 8.93. The molecule has 6 nitrogen and oxygen atoms in total. The van der Waals surface area contributed by atoms with Gasteiger partial charge in [0.15, 0.2) is 0 Å². The number of hydrogen-bond donors (Lipinski definition) is 3. The monoisotopic (exact) mass is 265 g/mol. The van der Waals surface area contributed by atoms with Crippen LogP contribution in [-0.2, 0) is 4.79 Å². The number of carbonyl (C=O) groups is 2. The fourth-order valence-electron chi connectivity index (χ4n) is 1.74. The molecule has 1 unspecified atom stereocenters. The van der Waals surface area contributed by atoms with Gasteiger partial charge in [-0.05, 0) is 31.4 Å². The van der Waals surface area contributed by atoms with Crippen LogP contribution in [0.25, 0.3) is 0 Å². The molecular formula is C13H19N3O3. The lowest BCUT2D eigenvalue weighted by atomic mass is 10.1. The average Bonchev–Trinajstić information content (AvgIpc) is 2.33. The molecule has 0 saturated heterocycles. The first-order valence-corrected chi connectivity index (χ1v) is 6.15. The summed E-state index contributed by atoms with van der Waals surface area (Å²) in [6, 6.07) is 1.72. The van der Waals surface area contributed by atoms with E-state index in [4.69, 9.17) is 10.8 Å². The second-order valence-corrected chi connectivity index (χ2v) is 4.52. The van der Waals surface area contributed by atoms with Gasteiger partial charge in [-0.1, -0.05) is 6.92 Å². The summed E-state index contributed by atoms with van der Waals surface area (Å²) in [6.45, 7) is 4.01. The highest BCUT2D eigenvalue weighted by molar-refractivity contribution is 5.98. The van der Waals surface area contributed by atoms with E-state index in [0.717, 1.165) is 5.56 Å². The molecule has 0 aromatic carbocycles. The number of nitrogens with zero attached hydrogens (tertiary/aromatic N) is 1. The molecule has 1 rings (SSSR count). The van der Waals surface area contributed by atoms with Gasteiger partial charge in [-0.15, -0.1) is 0 Å². The number of carboxylic acid groups (broad SMARTS) is 1. The predicted octanol–water partition coefficient (Wildman–Crippen LogP) is 1.40.